The first-order valence-electron chi connectivity index (χ1n) is 7.81. The van der Waals surface area contributed by atoms with Crippen molar-refractivity contribution >= 4 is 17.7 Å². The van der Waals surface area contributed by atoms with Gasteiger partial charge in [0, 0.05) is 12.3 Å². The Morgan fingerprint density at radius 1 is 1.16 bits per heavy atom. The third-order valence-corrected chi connectivity index (χ3v) is 4.66. The molecule has 1 aromatic carbocycles. The normalized spacial score (nSPS) is 29.0. The molecular formula is C18H22O7. The van der Waals surface area contributed by atoms with Crippen molar-refractivity contribution < 1.29 is 33.7 Å². The average Bonchev–Trinajstić information content (AvgIpc) is 2.59. The van der Waals surface area contributed by atoms with E-state index >= 15 is 0 Å². The zero-order valence-corrected chi connectivity index (χ0v) is 14.6. The van der Waals surface area contributed by atoms with Crippen LogP contribution in [0.1, 0.15) is 24.8 Å². The number of Topliss-reactive ketones (excluding diaryl/α,β-unsaturated/α-hetero) is 1. The number of ether oxygens (including phenoxy) is 3. The Kier molecular flexibility index (Phi) is 5.47. The second-order valence-electron chi connectivity index (χ2n) is 6.30. The maximum absolute atomic E-state index is 12.6. The molecule has 25 heavy (non-hydrogen) atoms. The molecule has 7 nitrogen and oxygen atoms in total. The molecule has 0 unspecified atom stereocenters. The maximum atomic E-state index is 12.6. The molecule has 1 aliphatic carbocycles. The minimum atomic E-state index is -1.65. The van der Waals surface area contributed by atoms with Gasteiger partial charge in [-0.3, -0.25) is 14.4 Å². The number of hydrogen-bond acceptors (Lipinski definition) is 7. The van der Waals surface area contributed by atoms with Crippen LogP contribution in [0, 0.1) is 11.8 Å². The Bertz CT molecular complexity index is 680. The number of carbonyl (C=O) groups is 3. The summed E-state index contributed by atoms with van der Waals surface area (Å²) in [6.45, 7) is 1.40. The number of benzene rings is 1. The highest BCUT2D eigenvalue weighted by Gasteiger charge is 2.56. The SMILES string of the molecule is COC(=O)[C@@H]1C(=O)C[C@](C)(O)[C@@H](C(=O)OC)[C@@H]1c1cccc(OC)c1. The summed E-state index contributed by atoms with van der Waals surface area (Å²) in [6, 6.07) is 6.69. The van der Waals surface area contributed by atoms with Gasteiger partial charge in [0.25, 0.3) is 0 Å². The van der Waals surface area contributed by atoms with Crippen LogP contribution in [0.4, 0.5) is 0 Å². The first-order valence-corrected chi connectivity index (χ1v) is 7.81. The van der Waals surface area contributed by atoms with E-state index in [2.05, 4.69) is 0 Å². The molecule has 2 rings (SSSR count). The highest BCUT2D eigenvalue weighted by atomic mass is 16.5. The highest BCUT2D eigenvalue weighted by Crippen LogP contribution is 2.47. The van der Waals surface area contributed by atoms with Crippen molar-refractivity contribution in [2.24, 2.45) is 11.8 Å². The van der Waals surface area contributed by atoms with Crippen molar-refractivity contribution in [3.05, 3.63) is 29.8 Å². The largest absolute Gasteiger partial charge is 0.497 e. The van der Waals surface area contributed by atoms with Crippen LogP contribution in [0.3, 0.4) is 0 Å². The fourth-order valence-electron chi connectivity index (χ4n) is 3.52. The number of hydrogen-bond donors (Lipinski definition) is 1. The van der Waals surface area contributed by atoms with Gasteiger partial charge in [-0.25, -0.2) is 0 Å². The Morgan fingerprint density at radius 2 is 1.80 bits per heavy atom. The van der Waals surface area contributed by atoms with Gasteiger partial charge in [0.1, 0.15) is 11.7 Å². The fraction of sp³-hybridized carbons (Fsp3) is 0.500. The number of carbonyl (C=O) groups excluding carboxylic acids is 3. The topological polar surface area (TPSA) is 99.1 Å². The maximum Gasteiger partial charge on any atom is 0.316 e. The molecule has 0 heterocycles. The fourth-order valence-corrected chi connectivity index (χ4v) is 3.52. The molecule has 1 fully saturated rings. The third kappa shape index (κ3) is 3.51. The van der Waals surface area contributed by atoms with Gasteiger partial charge < -0.3 is 19.3 Å². The van der Waals surface area contributed by atoms with E-state index in [4.69, 9.17) is 14.2 Å². The number of methoxy groups -OCH3 is 3. The van der Waals surface area contributed by atoms with E-state index in [0.717, 1.165) is 0 Å². The molecular weight excluding hydrogens is 328 g/mol. The van der Waals surface area contributed by atoms with Gasteiger partial charge in [-0.1, -0.05) is 12.1 Å². The van der Waals surface area contributed by atoms with Crippen LogP contribution in [-0.4, -0.2) is 49.8 Å². The second kappa shape index (κ2) is 7.23. The second-order valence-corrected chi connectivity index (χ2v) is 6.30. The molecule has 0 spiro atoms. The molecule has 136 valence electrons. The van der Waals surface area contributed by atoms with Gasteiger partial charge in [-0.05, 0) is 24.6 Å². The molecule has 0 radical (unpaired) electrons. The lowest BCUT2D eigenvalue weighted by Gasteiger charge is -2.43. The molecule has 1 N–H and O–H groups in total. The lowest BCUT2D eigenvalue weighted by Crippen LogP contribution is -2.55. The quantitative estimate of drug-likeness (QED) is 0.641. The molecule has 7 heteroatoms. The Morgan fingerprint density at radius 3 is 2.36 bits per heavy atom. The predicted molar refractivity (Wildman–Crippen MR) is 87.0 cm³/mol. The number of esters is 2. The summed E-state index contributed by atoms with van der Waals surface area (Å²) in [6.07, 6.45) is -0.340. The minimum absolute atomic E-state index is 0.340. The van der Waals surface area contributed by atoms with E-state index in [-0.39, 0.29) is 6.42 Å². The zero-order chi connectivity index (χ0) is 18.8. The van der Waals surface area contributed by atoms with E-state index in [1.54, 1.807) is 24.3 Å². The monoisotopic (exact) mass is 350 g/mol. The smallest absolute Gasteiger partial charge is 0.316 e. The van der Waals surface area contributed by atoms with Crippen molar-refractivity contribution in [3.8, 4) is 5.75 Å². The first kappa shape index (κ1) is 18.9. The summed E-state index contributed by atoms with van der Waals surface area (Å²) < 4.78 is 14.8. The molecule has 0 bridgehead atoms. The van der Waals surface area contributed by atoms with Crippen molar-refractivity contribution in [2.45, 2.75) is 24.9 Å². The van der Waals surface area contributed by atoms with Crippen LogP contribution in [0.5, 0.6) is 5.75 Å². The van der Waals surface area contributed by atoms with Crippen molar-refractivity contribution in [1.29, 1.82) is 0 Å². The summed E-state index contributed by atoms with van der Waals surface area (Å²) in [5.41, 5.74) is -1.14. The van der Waals surface area contributed by atoms with Gasteiger partial charge in [0.15, 0.2) is 5.78 Å². The molecule has 0 aromatic heterocycles. The first-order chi connectivity index (χ1) is 11.8. The van der Waals surface area contributed by atoms with Crippen LogP contribution in [0.25, 0.3) is 0 Å². The van der Waals surface area contributed by atoms with Gasteiger partial charge in [0.2, 0.25) is 0 Å². The molecule has 1 aliphatic rings. The number of ketones is 1. The molecule has 4 atom stereocenters. The predicted octanol–water partition coefficient (Wildman–Crippen LogP) is 1.08. The zero-order valence-electron chi connectivity index (χ0n) is 14.6. The van der Waals surface area contributed by atoms with E-state index in [9.17, 15) is 19.5 Å². The average molecular weight is 350 g/mol. The Balaban J connectivity index is 2.66. The van der Waals surface area contributed by atoms with E-state index < -0.39 is 41.1 Å². The van der Waals surface area contributed by atoms with E-state index in [1.165, 1.54) is 28.3 Å². The summed E-state index contributed by atoms with van der Waals surface area (Å²) in [5.74, 6) is -4.66. The van der Waals surface area contributed by atoms with Gasteiger partial charge in [-0.2, -0.15) is 0 Å². The summed E-state index contributed by atoms with van der Waals surface area (Å²) in [4.78, 5) is 37.2. The van der Waals surface area contributed by atoms with Crippen LogP contribution in [0.2, 0.25) is 0 Å². The molecule has 1 aromatic rings. The number of aliphatic hydroxyl groups is 1. The lowest BCUT2D eigenvalue weighted by atomic mass is 9.61. The summed E-state index contributed by atoms with van der Waals surface area (Å²) in [5, 5.41) is 10.7. The molecule has 0 aliphatic heterocycles. The molecule has 0 amide bonds. The number of rotatable bonds is 4. The summed E-state index contributed by atoms with van der Waals surface area (Å²) >= 11 is 0. The highest BCUT2D eigenvalue weighted by molar-refractivity contribution is 6.02. The minimum Gasteiger partial charge on any atom is -0.497 e. The van der Waals surface area contributed by atoms with Gasteiger partial charge in [0.05, 0.1) is 32.8 Å². The molecule has 0 saturated heterocycles. The summed E-state index contributed by atoms with van der Waals surface area (Å²) in [7, 11) is 3.86. The Hall–Kier alpha value is -2.41. The van der Waals surface area contributed by atoms with Gasteiger partial charge >= 0.3 is 11.9 Å². The van der Waals surface area contributed by atoms with Crippen LogP contribution in [0.15, 0.2) is 24.3 Å². The van der Waals surface area contributed by atoms with Crippen LogP contribution in [-0.2, 0) is 23.9 Å². The van der Waals surface area contributed by atoms with Crippen LogP contribution >= 0.6 is 0 Å². The lowest BCUT2D eigenvalue weighted by molar-refractivity contribution is -0.170. The van der Waals surface area contributed by atoms with Crippen molar-refractivity contribution in [1.82, 2.24) is 0 Å². The van der Waals surface area contributed by atoms with Crippen molar-refractivity contribution in [3.63, 3.8) is 0 Å². The van der Waals surface area contributed by atoms with Crippen LogP contribution < -0.4 is 4.74 Å². The van der Waals surface area contributed by atoms with Gasteiger partial charge in [-0.15, -0.1) is 0 Å². The molecule has 1 saturated carbocycles. The third-order valence-electron chi connectivity index (χ3n) is 4.66. The Labute approximate surface area is 145 Å². The van der Waals surface area contributed by atoms with E-state index in [1.807, 2.05) is 0 Å². The standard InChI is InChI=1S/C18H22O7/c1-18(22)9-12(19)14(16(20)24-3)13(15(18)17(21)25-4)10-6-5-7-11(8-10)23-2/h5-8,13-15,22H,9H2,1-4H3/t13-,14-,15-,18+/m1/s1. The van der Waals surface area contributed by atoms with Crippen molar-refractivity contribution in [2.75, 3.05) is 21.3 Å². The van der Waals surface area contributed by atoms with E-state index in [0.29, 0.717) is 11.3 Å².